The molecule has 1 amide bonds. The van der Waals surface area contributed by atoms with E-state index in [1.54, 1.807) is 0 Å². The van der Waals surface area contributed by atoms with Crippen molar-refractivity contribution >= 4 is 11.9 Å². The zero-order valence-corrected chi connectivity index (χ0v) is 17.0. The highest BCUT2D eigenvalue weighted by Crippen LogP contribution is 2.09. The summed E-state index contributed by atoms with van der Waals surface area (Å²) < 4.78 is 5.65. The van der Waals surface area contributed by atoms with Crippen molar-refractivity contribution < 1.29 is 9.53 Å². The van der Waals surface area contributed by atoms with Gasteiger partial charge < -0.3 is 20.7 Å². The normalized spacial score (nSPS) is 12.2. The van der Waals surface area contributed by atoms with Crippen LogP contribution in [-0.4, -0.2) is 36.6 Å². The number of carbonyl (C=O) groups is 1. The van der Waals surface area contributed by atoms with Crippen LogP contribution in [0.2, 0.25) is 0 Å². The van der Waals surface area contributed by atoms with Crippen LogP contribution >= 0.6 is 0 Å². The Morgan fingerprint density at radius 2 is 1.88 bits per heavy atom. The first-order valence-electron chi connectivity index (χ1n) is 9.22. The van der Waals surface area contributed by atoms with Crippen LogP contribution in [0, 0.1) is 0 Å². The summed E-state index contributed by atoms with van der Waals surface area (Å²) in [6.07, 6.45) is 0.209. The second-order valence-electron chi connectivity index (χ2n) is 7.53. The van der Waals surface area contributed by atoms with E-state index in [4.69, 9.17) is 4.74 Å². The molecule has 0 saturated carbocycles. The SMILES string of the molecule is CCNC(=NCc1cccc(COC(C)C)c1)NCC(=O)NC(C)(C)C. The molecule has 3 N–H and O–H groups in total. The number of rotatable bonds is 8. The summed E-state index contributed by atoms with van der Waals surface area (Å²) in [5, 5.41) is 9.15. The van der Waals surface area contributed by atoms with Crippen LogP contribution in [0.1, 0.15) is 52.7 Å². The third-order valence-corrected chi connectivity index (χ3v) is 3.27. The van der Waals surface area contributed by atoms with Gasteiger partial charge in [-0.05, 0) is 52.7 Å². The van der Waals surface area contributed by atoms with Crippen molar-refractivity contribution in [3.05, 3.63) is 35.4 Å². The summed E-state index contributed by atoms with van der Waals surface area (Å²) in [4.78, 5) is 16.5. The molecule has 1 aromatic rings. The largest absolute Gasteiger partial charge is 0.374 e. The molecule has 1 aromatic carbocycles. The van der Waals surface area contributed by atoms with Crippen LogP contribution in [0.25, 0.3) is 0 Å². The molecular formula is C20H34N4O2. The van der Waals surface area contributed by atoms with Crippen molar-refractivity contribution in [1.29, 1.82) is 0 Å². The molecule has 0 fully saturated rings. The Bertz CT molecular complexity index is 592. The molecule has 0 unspecified atom stereocenters. The number of ether oxygens (including phenoxy) is 1. The molecule has 0 atom stereocenters. The molecule has 0 bridgehead atoms. The van der Waals surface area contributed by atoms with Crippen LogP contribution in [0.3, 0.4) is 0 Å². The Hall–Kier alpha value is -2.08. The number of guanidine groups is 1. The number of carbonyl (C=O) groups excluding carboxylic acids is 1. The maximum atomic E-state index is 11.9. The number of benzene rings is 1. The topological polar surface area (TPSA) is 74.8 Å². The Balaban J connectivity index is 2.63. The van der Waals surface area contributed by atoms with Gasteiger partial charge in [-0.3, -0.25) is 4.79 Å². The predicted molar refractivity (Wildman–Crippen MR) is 107 cm³/mol. The van der Waals surface area contributed by atoms with E-state index < -0.39 is 0 Å². The highest BCUT2D eigenvalue weighted by atomic mass is 16.5. The van der Waals surface area contributed by atoms with E-state index in [0.717, 1.165) is 17.7 Å². The number of nitrogens with zero attached hydrogens (tertiary/aromatic N) is 1. The molecule has 0 saturated heterocycles. The van der Waals surface area contributed by atoms with Crippen molar-refractivity contribution in [2.24, 2.45) is 4.99 Å². The Kier molecular flexibility index (Phi) is 9.13. The predicted octanol–water partition coefficient (Wildman–Crippen LogP) is 2.58. The molecule has 146 valence electrons. The first kappa shape index (κ1) is 22.0. The van der Waals surface area contributed by atoms with E-state index in [1.807, 2.05) is 53.7 Å². The molecular weight excluding hydrogens is 328 g/mol. The highest BCUT2D eigenvalue weighted by Gasteiger charge is 2.13. The van der Waals surface area contributed by atoms with Gasteiger partial charge in [0.05, 0.1) is 25.8 Å². The first-order chi connectivity index (χ1) is 12.2. The van der Waals surface area contributed by atoms with Crippen LogP contribution in [0.5, 0.6) is 0 Å². The number of amides is 1. The second kappa shape index (κ2) is 10.8. The van der Waals surface area contributed by atoms with Crippen molar-refractivity contribution in [2.75, 3.05) is 13.1 Å². The second-order valence-corrected chi connectivity index (χ2v) is 7.53. The number of hydrogen-bond acceptors (Lipinski definition) is 3. The van der Waals surface area contributed by atoms with Crippen LogP contribution < -0.4 is 16.0 Å². The molecule has 0 heterocycles. The zero-order chi connectivity index (χ0) is 19.6. The van der Waals surface area contributed by atoms with Gasteiger partial charge >= 0.3 is 0 Å². The van der Waals surface area contributed by atoms with Crippen molar-refractivity contribution in [2.45, 2.75) is 66.3 Å². The number of nitrogens with one attached hydrogen (secondary N) is 3. The molecule has 0 aliphatic carbocycles. The lowest BCUT2D eigenvalue weighted by Crippen LogP contribution is -2.48. The summed E-state index contributed by atoms with van der Waals surface area (Å²) in [6, 6.07) is 8.21. The summed E-state index contributed by atoms with van der Waals surface area (Å²) in [5.74, 6) is 0.566. The Morgan fingerprint density at radius 1 is 1.19 bits per heavy atom. The lowest BCUT2D eigenvalue weighted by atomic mass is 10.1. The van der Waals surface area contributed by atoms with Crippen LogP contribution in [-0.2, 0) is 22.7 Å². The molecule has 26 heavy (non-hydrogen) atoms. The van der Waals surface area contributed by atoms with Gasteiger partial charge in [0.2, 0.25) is 5.91 Å². The van der Waals surface area contributed by atoms with Gasteiger partial charge in [-0.2, -0.15) is 0 Å². The summed E-state index contributed by atoms with van der Waals surface area (Å²) >= 11 is 0. The highest BCUT2D eigenvalue weighted by molar-refractivity contribution is 5.86. The van der Waals surface area contributed by atoms with Crippen LogP contribution in [0.15, 0.2) is 29.3 Å². The van der Waals surface area contributed by atoms with Crippen molar-refractivity contribution in [3.63, 3.8) is 0 Å². The van der Waals surface area contributed by atoms with Crippen molar-refractivity contribution in [1.82, 2.24) is 16.0 Å². The summed E-state index contributed by atoms with van der Waals surface area (Å²) in [5.41, 5.74) is 1.99. The maximum absolute atomic E-state index is 11.9. The van der Waals surface area contributed by atoms with Gasteiger partial charge in [0.1, 0.15) is 0 Å². The Morgan fingerprint density at radius 3 is 2.50 bits per heavy atom. The van der Waals surface area contributed by atoms with Gasteiger partial charge in [0.15, 0.2) is 5.96 Å². The van der Waals surface area contributed by atoms with E-state index in [9.17, 15) is 4.79 Å². The lowest BCUT2D eigenvalue weighted by molar-refractivity contribution is -0.121. The van der Waals surface area contributed by atoms with Gasteiger partial charge in [-0.15, -0.1) is 0 Å². The van der Waals surface area contributed by atoms with E-state index in [1.165, 1.54) is 0 Å². The third kappa shape index (κ3) is 10.0. The minimum Gasteiger partial charge on any atom is -0.374 e. The van der Waals surface area contributed by atoms with Crippen molar-refractivity contribution in [3.8, 4) is 0 Å². The fraction of sp³-hybridized carbons (Fsp3) is 0.600. The van der Waals surface area contributed by atoms with Gasteiger partial charge in [-0.1, -0.05) is 24.3 Å². The van der Waals surface area contributed by atoms with E-state index in [2.05, 4.69) is 33.1 Å². The molecule has 0 spiro atoms. The molecule has 0 radical (unpaired) electrons. The molecule has 0 aliphatic heterocycles. The third-order valence-electron chi connectivity index (χ3n) is 3.27. The smallest absolute Gasteiger partial charge is 0.239 e. The number of hydrogen-bond donors (Lipinski definition) is 3. The van der Waals surface area contributed by atoms with E-state index >= 15 is 0 Å². The molecule has 1 rings (SSSR count). The number of aliphatic imine (C=N–C) groups is 1. The first-order valence-corrected chi connectivity index (χ1v) is 9.22. The lowest BCUT2D eigenvalue weighted by Gasteiger charge is -2.21. The minimum atomic E-state index is -0.243. The average Bonchev–Trinajstić information content (AvgIpc) is 2.54. The van der Waals surface area contributed by atoms with Gasteiger partial charge in [0.25, 0.3) is 0 Å². The fourth-order valence-corrected chi connectivity index (χ4v) is 2.22. The molecule has 6 nitrogen and oxygen atoms in total. The average molecular weight is 363 g/mol. The summed E-state index contributed by atoms with van der Waals surface area (Å²) in [6.45, 7) is 14.0. The Labute approximate surface area is 157 Å². The standard InChI is InChI=1S/C20H34N4O2/c1-7-21-19(23-13-18(25)24-20(4,5)6)22-12-16-9-8-10-17(11-16)14-26-15(2)3/h8-11,15H,7,12-14H2,1-6H3,(H,24,25)(H2,21,22,23). The van der Waals surface area contributed by atoms with Gasteiger partial charge in [-0.25, -0.2) is 4.99 Å². The monoisotopic (exact) mass is 362 g/mol. The fourth-order valence-electron chi connectivity index (χ4n) is 2.22. The van der Waals surface area contributed by atoms with Crippen LogP contribution in [0.4, 0.5) is 0 Å². The molecule has 0 aromatic heterocycles. The minimum absolute atomic E-state index is 0.0593. The molecule has 0 aliphatic rings. The zero-order valence-electron chi connectivity index (χ0n) is 17.0. The van der Waals surface area contributed by atoms with Gasteiger partial charge in [0, 0.05) is 12.1 Å². The van der Waals surface area contributed by atoms with E-state index in [-0.39, 0.29) is 24.1 Å². The van der Waals surface area contributed by atoms with E-state index in [0.29, 0.717) is 19.1 Å². The maximum Gasteiger partial charge on any atom is 0.239 e. The summed E-state index contributed by atoms with van der Waals surface area (Å²) in [7, 11) is 0. The quantitative estimate of drug-likeness (QED) is 0.491. The molecule has 6 heteroatoms.